The van der Waals surface area contributed by atoms with Crippen LogP contribution in [-0.4, -0.2) is 41.5 Å². The maximum atomic E-state index is 12.9. The number of benzene rings is 1. The minimum absolute atomic E-state index is 0.280. The highest BCUT2D eigenvalue weighted by atomic mass is 16.6. The van der Waals surface area contributed by atoms with Gasteiger partial charge in [0.25, 0.3) is 5.91 Å². The molecule has 1 fully saturated rings. The van der Waals surface area contributed by atoms with Crippen molar-refractivity contribution >= 4 is 12.0 Å². The molecule has 2 rings (SSSR count). The molecule has 1 unspecified atom stereocenters. The molecule has 1 aromatic carbocycles. The van der Waals surface area contributed by atoms with Crippen LogP contribution in [0.1, 0.15) is 45.2 Å². The van der Waals surface area contributed by atoms with Crippen molar-refractivity contribution in [3.05, 3.63) is 47.7 Å². The van der Waals surface area contributed by atoms with Crippen LogP contribution in [-0.2, 0) is 9.53 Å². The highest BCUT2D eigenvalue weighted by molar-refractivity contribution is 6.03. The Balaban J connectivity index is 2.37. The number of hydrogen-bond donors (Lipinski definition) is 0. The molecule has 5 nitrogen and oxygen atoms in total. The number of ether oxygens (including phenoxy) is 1. The van der Waals surface area contributed by atoms with Crippen LogP contribution in [0.15, 0.2) is 42.1 Å². The van der Waals surface area contributed by atoms with Gasteiger partial charge in [0.2, 0.25) is 0 Å². The minimum Gasteiger partial charge on any atom is -0.443 e. The summed E-state index contributed by atoms with van der Waals surface area (Å²) in [5, 5.41) is 0. The van der Waals surface area contributed by atoms with Crippen molar-refractivity contribution in [2.45, 2.75) is 45.3 Å². The van der Waals surface area contributed by atoms with Crippen LogP contribution in [0.25, 0.3) is 0 Å². The van der Waals surface area contributed by atoms with E-state index in [9.17, 15) is 9.59 Å². The summed E-state index contributed by atoms with van der Waals surface area (Å²) in [4.78, 5) is 28.7. The number of likely N-dealkylation sites (tertiary alicyclic amines) is 1. The van der Waals surface area contributed by atoms with Crippen molar-refractivity contribution in [2.24, 2.45) is 0 Å². The van der Waals surface area contributed by atoms with Crippen LogP contribution in [0.4, 0.5) is 4.79 Å². The fourth-order valence-electron chi connectivity index (χ4n) is 2.77. The standard InChI is InChI=1S/C19H26N2O3/c1-19(2,3)24-18(23)21-16(14-9-7-6-8-10-14)12-11-15(17(21)22)13-20(4)5/h6-10,13,16H,11-12H2,1-5H3/b15-13+. The summed E-state index contributed by atoms with van der Waals surface area (Å²) in [5.41, 5.74) is 0.917. The number of piperidine rings is 1. The molecule has 5 heteroatoms. The van der Waals surface area contributed by atoms with Crippen molar-refractivity contribution in [3.63, 3.8) is 0 Å². The first-order valence-electron chi connectivity index (χ1n) is 8.17. The second-order valence-electron chi connectivity index (χ2n) is 7.24. The van der Waals surface area contributed by atoms with Gasteiger partial charge >= 0.3 is 6.09 Å². The van der Waals surface area contributed by atoms with Crippen LogP contribution < -0.4 is 0 Å². The zero-order valence-corrected chi connectivity index (χ0v) is 15.1. The molecule has 1 aliphatic rings. The highest BCUT2D eigenvalue weighted by Gasteiger charge is 2.39. The van der Waals surface area contributed by atoms with Gasteiger partial charge in [-0.1, -0.05) is 30.3 Å². The Labute approximate surface area is 143 Å². The SMILES string of the molecule is CN(C)/C=C1\CCC(c2ccccc2)N(C(=O)OC(C)(C)C)C1=O. The molecule has 0 spiro atoms. The maximum absolute atomic E-state index is 12.9. The lowest BCUT2D eigenvalue weighted by Crippen LogP contribution is -2.46. The van der Waals surface area contributed by atoms with E-state index < -0.39 is 11.7 Å². The van der Waals surface area contributed by atoms with Gasteiger partial charge in [-0.25, -0.2) is 9.69 Å². The third-order valence-electron chi connectivity index (χ3n) is 3.68. The normalized spacial score (nSPS) is 20.2. The van der Waals surface area contributed by atoms with Crippen molar-refractivity contribution in [1.82, 2.24) is 9.80 Å². The lowest BCUT2D eigenvalue weighted by molar-refractivity contribution is -0.130. The van der Waals surface area contributed by atoms with Crippen molar-refractivity contribution < 1.29 is 14.3 Å². The minimum atomic E-state index is -0.651. The van der Waals surface area contributed by atoms with Gasteiger partial charge in [-0.15, -0.1) is 0 Å². The average molecular weight is 330 g/mol. The Morgan fingerprint density at radius 2 is 1.88 bits per heavy atom. The van der Waals surface area contributed by atoms with Crippen LogP contribution in [0.2, 0.25) is 0 Å². The van der Waals surface area contributed by atoms with Crippen molar-refractivity contribution in [3.8, 4) is 0 Å². The van der Waals surface area contributed by atoms with E-state index in [2.05, 4.69) is 0 Å². The highest BCUT2D eigenvalue weighted by Crippen LogP contribution is 2.35. The molecular weight excluding hydrogens is 304 g/mol. The van der Waals surface area contributed by atoms with Gasteiger partial charge in [0, 0.05) is 25.9 Å². The van der Waals surface area contributed by atoms with E-state index in [1.165, 1.54) is 4.90 Å². The summed E-state index contributed by atoms with van der Waals surface area (Å²) >= 11 is 0. The van der Waals surface area contributed by atoms with E-state index in [4.69, 9.17) is 4.74 Å². The first-order valence-corrected chi connectivity index (χ1v) is 8.17. The van der Waals surface area contributed by atoms with E-state index >= 15 is 0 Å². The molecule has 24 heavy (non-hydrogen) atoms. The fourth-order valence-corrected chi connectivity index (χ4v) is 2.77. The molecule has 1 heterocycles. The van der Waals surface area contributed by atoms with Gasteiger partial charge in [0.05, 0.1) is 6.04 Å². The summed E-state index contributed by atoms with van der Waals surface area (Å²) in [6, 6.07) is 9.33. The Morgan fingerprint density at radius 3 is 2.42 bits per heavy atom. The van der Waals surface area contributed by atoms with Gasteiger partial charge in [0.15, 0.2) is 0 Å². The first-order chi connectivity index (χ1) is 11.2. The third-order valence-corrected chi connectivity index (χ3v) is 3.68. The number of carbonyl (C=O) groups excluding carboxylic acids is 2. The van der Waals surface area contributed by atoms with Gasteiger partial charge in [-0.2, -0.15) is 0 Å². The molecule has 1 aromatic rings. The summed E-state index contributed by atoms with van der Waals surface area (Å²) in [5.74, 6) is -0.280. The summed E-state index contributed by atoms with van der Waals surface area (Å²) in [7, 11) is 3.72. The Kier molecular flexibility index (Phi) is 5.32. The predicted molar refractivity (Wildman–Crippen MR) is 93.3 cm³/mol. The molecular formula is C19H26N2O3. The van der Waals surface area contributed by atoms with E-state index in [1.54, 1.807) is 27.0 Å². The molecule has 1 atom stereocenters. The summed E-state index contributed by atoms with van der Waals surface area (Å²) in [6.45, 7) is 5.40. The molecule has 0 radical (unpaired) electrons. The Bertz CT molecular complexity index is 630. The molecule has 0 N–H and O–H groups in total. The van der Waals surface area contributed by atoms with Gasteiger partial charge in [0.1, 0.15) is 5.60 Å². The molecule has 1 saturated heterocycles. The lowest BCUT2D eigenvalue weighted by Gasteiger charge is -2.36. The Hall–Kier alpha value is -2.30. The van der Waals surface area contributed by atoms with Crippen LogP contribution in [0, 0.1) is 0 Å². The second-order valence-corrected chi connectivity index (χ2v) is 7.24. The predicted octanol–water partition coefficient (Wildman–Crippen LogP) is 3.73. The summed E-state index contributed by atoms with van der Waals surface area (Å²) < 4.78 is 5.48. The lowest BCUT2D eigenvalue weighted by atomic mass is 9.92. The number of hydrogen-bond acceptors (Lipinski definition) is 4. The second kappa shape index (κ2) is 7.07. The topological polar surface area (TPSA) is 49.9 Å². The average Bonchev–Trinajstić information content (AvgIpc) is 2.47. The van der Waals surface area contributed by atoms with Crippen molar-refractivity contribution in [1.29, 1.82) is 0 Å². The van der Waals surface area contributed by atoms with E-state index in [0.717, 1.165) is 5.56 Å². The molecule has 2 amide bonds. The molecule has 0 aromatic heterocycles. The maximum Gasteiger partial charge on any atom is 0.417 e. The largest absolute Gasteiger partial charge is 0.443 e. The molecule has 0 saturated carbocycles. The van der Waals surface area contributed by atoms with Crippen LogP contribution in [0.5, 0.6) is 0 Å². The van der Waals surface area contributed by atoms with E-state index in [1.807, 2.05) is 49.3 Å². The number of carbonyl (C=O) groups is 2. The van der Waals surface area contributed by atoms with Gasteiger partial charge < -0.3 is 9.64 Å². The van der Waals surface area contributed by atoms with Crippen LogP contribution in [0.3, 0.4) is 0 Å². The molecule has 0 bridgehead atoms. The zero-order valence-electron chi connectivity index (χ0n) is 15.1. The molecule has 1 aliphatic heterocycles. The van der Waals surface area contributed by atoms with Gasteiger partial charge in [-0.05, 0) is 39.2 Å². The smallest absolute Gasteiger partial charge is 0.417 e. The third kappa shape index (κ3) is 4.37. The number of amides is 2. The van der Waals surface area contributed by atoms with Crippen LogP contribution >= 0.6 is 0 Å². The quantitative estimate of drug-likeness (QED) is 0.775. The number of imide groups is 1. The summed E-state index contributed by atoms with van der Waals surface area (Å²) in [6.07, 6.45) is 2.51. The molecule has 0 aliphatic carbocycles. The number of rotatable bonds is 2. The zero-order chi connectivity index (χ0) is 17.9. The van der Waals surface area contributed by atoms with E-state index in [0.29, 0.717) is 18.4 Å². The fraction of sp³-hybridized carbons (Fsp3) is 0.474. The Morgan fingerprint density at radius 1 is 1.25 bits per heavy atom. The van der Waals surface area contributed by atoms with Gasteiger partial charge in [-0.3, -0.25) is 4.79 Å². The number of nitrogens with zero attached hydrogens (tertiary/aromatic N) is 2. The van der Waals surface area contributed by atoms with Crippen molar-refractivity contribution in [2.75, 3.05) is 14.1 Å². The molecule has 130 valence electrons. The first kappa shape index (κ1) is 18.0. The van der Waals surface area contributed by atoms with E-state index in [-0.39, 0.29) is 11.9 Å². The monoisotopic (exact) mass is 330 g/mol.